The summed E-state index contributed by atoms with van der Waals surface area (Å²) in [6, 6.07) is 6.00. The Morgan fingerprint density at radius 1 is 1.24 bits per heavy atom. The quantitative estimate of drug-likeness (QED) is 0.671. The lowest BCUT2D eigenvalue weighted by Crippen LogP contribution is -2.38. The Morgan fingerprint density at radius 3 is 2.34 bits per heavy atom. The third-order valence-electron chi connectivity index (χ3n) is 6.53. The zero-order valence-electron chi connectivity index (χ0n) is 16.3. The van der Waals surface area contributed by atoms with Crippen LogP contribution in [0, 0.1) is 17.2 Å². The number of anilines is 1. The Morgan fingerprint density at radius 2 is 1.86 bits per heavy atom. The van der Waals surface area contributed by atoms with Gasteiger partial charge >= 0.3 is 6.18 Å². The van der Waals surface area contributed by atoms with Crippen molar-refractivity contribution in [2.75, 3.05) is 5.32 Å². The van der Waals surface area contributed by atoms with Crippen molar-refractivity contribution >= 4 is 11.7 Å². The van der Waals surface area contributed by atoms with Gasteiger partial charge < -0.3 is 5.32 Å². The van der Waals surface area contributed by atoms with Crippen LogP contribution in [0.25, 0.3) is 11.3 Å². The number of carbonyl (C=O) groups excluding carboxylic acids is 1. The van der Waals surface area contributed by atoms with Crippen molar-refractivity contribution in [3.63, 3.8) is 0 Å². The van der Waals surface area contributed by atoms with Crippen molar-refractivity contribution in [1.82, 2.24) is 9.78 Å². The molecule has 2 saturated carbocycles. The van der Waals surface area contributed by atoms with Crippen LogP contribution in [0.5, 0.6) is 0 Å². The number of rotatable bonds is 5. The number of aromatic nitrogens is 2. The minimum Gasteiger partial charge on any atom is -0.309 e. The van der Waals surface area contributed by atoms with Crippen molar-refractivity contribution < 1.29 is 22.4 Å². The van der Waals surface area contributed by atoms with E-state index in [-0.39, 0.29) is 24.6 Å². The highest BCUT2D eigenvalue weighted by Gasteiger charge is 2.67. The molecule has 0 bridgehead atoms. The highest BCUT2D eigenvalue weighted by atomic mass is 19.4. The molecule has 2 aliphatic carbocycles. The lowest BCUT2D eigenvalue weighted by atomic mass is 9.78. The van der Waals surface area contributed by atoms with E-state index in [1.807, 2.05) is 0 Å². The first-order valence-corrected chi connectivity index (χ1v) is 9.84. The minimum absolute atomic E-state index is 0.0242. The SMILES string of the molecule is C[C@H](C(=O)Nc1nn(C)c(-c2ccc(F)cc2)c1C1CCC1)C1(C(F)(F)F)CC1. The summed E-state index contributed by atoms with van der Waals surface area (Å²) in [5, 5.41) is 7.08. The van der Waals surface area contributed by atoms with Crippen LogP contribution in [0.15, 0.2) is 24.3 Å². The molecule has 1 aromatic carbocycles. The second kappa shape index (κ2) is 6.85. The normalized spacial score (nSPS) is 19.5. The van der Waals surface area contributed by atoms with Crippen molar-refractivity contribution in [2.45, 2.75) is 51.1 Å². The molecule has 2 aromatic rings. The van der Waals surface area contributed by atoms with E-state index in [0.717, 1.165) is 36.1 Å². The Labute approximate surface area is 166 Å². The van der Waals surface area contributed by atoms with E-state index in [9.17, 15) is 22.4 Å². The number of alkyl halides is 3. The monoisotopic (exact) mass is 409 g/mol. The molecule has 1 heterocycles. The first kappa shape index (κ1) is 19.9. The second-order valence-corrected chi connectivity index (χ2v) is 8.23. The number of nitrogens with zero attached hydrogens (tertiary/aromatic N) is 2. The summed E-state index contributed by atoms with van der Waals surface area (Å²) < 4.78 is 55.2. The van der Waals surface area contributed by atoms with Crippen LogP contribution < -0.4 is 5.32 Å². The number of halogens is 4. The fourth-order valence-electron chi connectivity index (χ4n) is 4.24. The van der Waals surface area contributed by atoms with Crippen LogP contribution in [0.2, 0.25) is 0 Å². The van der Waals surface area contributed by atoms with Gasteiger partial charge in [0.25, 0.3) is 0 Å². The Balaban J connectivity index is 1.67. The molecule has 1 atom stereocenters. The van der Waals surface area contributed by atoms with Crippen LogP contribution in [0.1, 0.15) is 50.5 Å². The molecule has 1 amide bonds. The summed E-state index contributed by atoms with van der Waals surface area (Å²) in [4.78, 5) is 12.7. The van der Waals surface area contributed by atoms with Crippen molar-refractivity contribution in [2.24, 2.45) is 18.4 Å². The van der Waals surface area contributed by atoms with Gasteiger partial charge in [0.2, 0.25) is 5.91 Å². The summed E-state index contributed by atoms with van der Waals surface area (Å²) in [6.45, 7) is 1.34. The van der Waals surface area contributed by atoms with Gasteiger partial charge in [-0.1, -0.05) is 13.3 Å². The zero-order chi connectivity index (χ0) is 21.0. The van der Waals surface area contributed by atoms with E-state index < -0.39 is 23.4 Å². The zero-order valence-corrected chi connectivity index (χ0v) is 16.3. The fourth-order valence-corrected chi connectivity index (χ4v) is 4.24. The van der Waals surface area contributed by atoms with Gasteiger partial charge in [0.1, 0.15) is 5.82 Å². The van der Waals surface area contributed by atoms with Gasteiger partial charge in [0.15, 0.2) is 5.82 Å². The standard InChI is InChI=1S/C21H23F4N3O/c1-12(20(10-11-20)21(23,24)25)19(29)26-18-16(13-4-3-5-13)17(28(2)27-18)14-6-8-15(22)9-7-14/h6-9,12-13H,3-5,10-11H2,1-2H3,(H,26,27,29)/t12-/m1/s1. The predicted octanol–water partition coefficient (Wildman–Crippen LogP) is 5.41. The number of hydrogen-bond acceptors (Lipinski definition) is 2. The summed E-state index contributed by atoms with van der Waals surface area (Å²) in [6.07, 6.45) is -1.56. The van der Waals surface area contributed by atoms with Gasteiger partial charge in [-0.25, -0.2) is 4.39 Å². The van der Waals surface area contributed by atoms with Gasteiger partial charge in [-0.15, -0.1) is 0 Å². The van der Waals surface area contributed by atoms with Crippen molar-refractivity contribution in [3.05, 3.63) is 35.6 Å². The number of amides is 1. The third kappa shape index (κ3) is 3.32. The molecule has 2 aliphatic rings. The average molecular weight is 409 g/mol. The second-order valence-electron chi connectivity index (χ2n) is 8.23. The first-order valence-electron chi connectivity index (χ1n) is 9.84. The van der Waals surface area contributed by atoms with Gasteiger partial charge in [-0.05, 0) is 55.9 Å². The van der Waals surface area contributed by atoms with Crippen LogP contribution >= 0.6 is 0 Å². The molecule has 0 spiro atoms. The van der Waals surface area contributed by atoms with Crippen molar-refractivity contribution in [1.29, 1.82) is 0 Å². The first-order chi connectivity index (χ1) is 13.6. The molecular formula is C21H23F4N3O. The van der Waals surface area contributed by atoms with E-state index in [1.165, 1.54) is 19.1 Å². The molecule has 0 saturated heterocycles. The molecule has 1 aromatic heterocycles. The Kier molecular flexibility index (Phi) is 4.70. The third-order valence-corrected chi connectivity index (χ3v) is 6.53. The van der Waals surface area contributed by atoms with E-state index >= 15 is 0 Å². The molecule has 2 fully saturated rings. The number of benzene rings is 1. The maximum atomic E-state index is 13.4. The van der Waals surface area contributed by atoms with E-state index in [4.69, 9.17) is 0 Å². The van der Waals surface area contributed by atoms with E-state index in [0.29, 0.717) is 5.82 Å². The highest BCUT2D eigenvalue weighted by molar-refractivity contribution is 5.94. The van der Waals surface area contributed by atoms with E-state index in [1.54, 1.807) is 23.9 Å². The number of aryl methyl sites for hydroxylation is 1. The number of hydrogen-bond donors (Lipinski definition) is 1. The predicted molar refractivity (Wildman–Crippen MR) is 101 cm³/mol. The number of nitrogens with one attached hydrogen (secondary N) is 1. The van der Waals surface area contributed by atoms with Crippen LogP contribution in [0.4, 0.5) is 23.4 Å². The maximum Gasteiger partial charge on any atom is 0.395 e. The lowest BCUT2D eigenvalue weighted by Gasteiger charge is -2.28. The summed E-state index contributed by atoms with van der Waals surface area (Å²) in [5.74, 6) is -1.72. The molecule has 0 unspecified atom stereocenters. The van der Waals surface area contributed by atoms with Gasteiger partial charge in [0, 0.05) is 24.1 Å². The molecule has 0 radical (unpaired) electrons. The molecule has 156 valence electrons. The smallest absolute Gasteiger partial charge is 0.309 e. The molecular weight excluding hydrogens is 386 g/mol. The lowest BCUT2D eigenvalue weighted by molar-refractivity contribution is -0.201. The van der Waals surface area contributed by atoms with Crippen LogP contribution in [0.3, 0.4) is 0 Å². The molecule has 4 rings (SSSR count). The fraction of sp³-hybridized carbons (Fsp3) is 0.524. The van der Waals surface area contributed by atoms with Gasteiger partial charge in [-0.3, -0.25) is 9.48 Å². The van der Waals surface area contributed by atoms with Crippen molar-refractivity contribution in [3.8, 4) is 11.3 Å². The van der Waals surface area contributed by atoms with Gasteiger partial charge in [0.05, 0.1) is 11.1 Å². The van der Waals surface area contributed by atoms with Crippen LogP contribution in [-0.4, -0.2) is 21.9 Å². The Hall–Kier alpha value is -2.38. The average Bonchev–Trinajstić information content (AvgIpc) is 3.36. The van der Waals surface area contributed by atoms with E-state index in [2.05, 4.69) is 10.4 Å². The molecule has 0 aliphatic heterocycles. The number of carbonyl (C=O) groups is 1. The molecule has 4 nitrogen and oxygen atoms in total. The molecule has 29 heavy (non-hydrogen) atoms. The largest absolute Gasteiger partial charge is 0.395 e. The summed E-state index contributed by atoms with van der Waals surface area (Å²) in [5.41, 5.74) is 0.408. The van der Waals surface area contributed by atoms with Crippen LogP contribution in [-0.2, 0) is 11.8 Å². The highest BCUT2D eigenvalue weighted by Crippen LogP contribution is 2.62. The maximum absolute atomic E-state index is 13.4. The minimum atomic E-state index is -4.40. The topological polar surface area (TPSA) is 46.9 Å². The molecule has 8 heteroatoms. The van der Waals surface area contributed by atoms with Gasteiger partial charge in [-0.2, -0.15) is 18.3 Å². The Bertz CT molecular complexity index is 925. The summed E-state index contributed by atoms with van der Waals surface area (Å²) in [7, 11) is 1.72. The molecule has 1 N–H and O–H groups in total. The summed E-state index contributed by atoms with van der Waals surface area (Å²) >= 11 is 0.